The lowest BCUT2D eigenvalue weighted by molar-refractivity contribution is 0.0590. The van der Waals surface area contributed by atoms with E-state index in [0.29, 0.717) is 12.2 Å². The highest BCUT2D eigenvalue weighted by Crippen LogP contribution is 2.19. The van der Waals surface area contributed by atoms with Gasteiger partial charge in [-0.05, 0) is 29.5 Å². The number of amides is 1. The molecule has 2 aromatic heterocycles. The van der Waals surface area contributed by atoms with Gasteiger partial charge in [0.25, 0.3) is 22.5 Å². The number of anilines is 3. The molecule has 15 nitrogen and oxygen atoms in total. The van der Waals surface area contributed by atoms with Crippen LogP contribution in [0.2, 0.25) is 0 Å². The molecule has 2 heterocycles. The van der Waals surface area contributed by atoms with Crippen LogP contribution in [-0.2, 0) is 11.3 Å². The molecule has 0 unspecified atom stereocenters. The number of nitrogens with zero attached hydrogens (tertiary/aromatic N) is 4. The van der Waals surface area contributed by atoms with E-state index in [1.165, 1.54) is 0 Å². The first-order valence-electron chi connectivity index (χ1n) is 9.74. The highest BCUT2D eigenvalue weighted by atomic mass is 35.5. The lowest BCUT2D eigenvalue weighted by atomic mass is 10.1. The molecule has 7 N–H and O–H groups in total. The maximum absolute atomic E-state index is 11.5. The highest BCUT2D eigenvalue weighted by molar-refractivity contribution is 6.13. The predicted octanol–water partition coefficient (Wildman–Crippen LogP) is -0.440. The summed E-state index contributed by atoms with van der Waals surface area (Å²) in [5.74, 6) is -3.78. The fraction of sp³-hybridized carbons (Fsp3) is 0.100. The van der Waals surface area contributed by atoms with E-state index in [9.17, 15) is 24.0 Å². The Kier molecular flexibility index (Phi) is 7.56. The number of carbonyl (C=O) groups excluding carboxylic acids is 2. The van der Waals surface area contributed by atoms with Crippen LogP contribution in [0.25, 0.3) is 5.78 Å². The Balaban J connectivity index is 0.000000202. The quantitative estimate of drug-likeness (QED) is 0.119. The number of rotatable bonds is 7. The van der Waals surface area contributed by atoms with E-state index in [1.54, 1.807) is 6.07 Å². The van der Waals surface area contributed by atoms with Gasteiger partial charge in [-0.15, -0.1) is 5.10 Å². The summed E-state index contributed by atoms with van der Waals surface area (Å²) in [6.45, 7) is 0.498. The Morgan fingerprint density at radius 2 is 1.89 bits per heavy atom. The van der Waals surface area contributed by atoms with Crippen LogP contribution >= 0.6 is 11.8 Å². The van der Waals surface area contributed by atoms with Crippen molar-refractivity contribution in [2.24, 2.45) is 5.73 Å². The summed E-state index contributed by atoms with van der Waals surface area (Å²) < 4.78 is 5.37. The van der Waals surface area contributed by atoms with Gasteiger partial charge in [-0.25, -0.2) is 19.4 Å². The Labute approximate surface area is 205 Å². The van der Waals surface area contributed by atoms with E-state index in [0.717, 1.165) is 23.3 Å². The number of carbonyl (C=O) groups is 3. The van der Waals surface area contributed by atoms with E-state index in [1.807, 2.05) is 18.2 Å². The monoisotopic (exact) mass is 516 g/mol. The molecule has 0 radical (unpaired) electrons. The van der Waals surface area contributed by atoms with Crippen molar-refractivity contribution in [3.8, 4) is 0 Å². The molecule has 16 heteroatoms. The van der Waals surface area contributed by atoms with Gasteiger partial charge in [0.2, 0.25) is 5.82 Å². The van der Waals surface area contributed by atoms with Crippen LogP contribution in [0.4, 0.5) is 17.1 Å². The molecule has 0 aliphatic rings. The topological polar surface area (TPSA) is 234 Å². The van der Waals surface area contributed by atoms with Gasteiger partial charge in [0.05, 0.1) is 7.11 Å². The first-order chi connectivity index (χ1) is 17.1. The van der Waals surface area contributed by atoms with Gasteiger partial charge in [0, 0.05) is 18.3 Å². The van der Waals surface area contributed by atoms with Crippen molar-refractivity contribution < 1.29 is 24.2 Å². The van der Waals surface area contributed by atoms with Gasteiger partial charge in [-0.2, -0.15) is 9.50 Å². The molecule has 0 aliphatic heterocycles. The van der Waals surface area contributed by atoms with Crippen LogP contribution in [0.15, 0.2) is 39.9 Å². The van der Waals surface area contributed by atoms with Crippen LogP contribution in [0, 0.1) is 0 Å². The Bertz CT molecular complexity index is 1560. The van der Waals surface area contributed by atoms with E-state index in [4.69, 9.17) is 28.4 Å². The maximum atomic E-state index is 11.5. The summed E-state index contributed by atoms with van der Waals surface area (Å²) in [5.41, 5.74) is 10.3. The first-order valence-corrected chi connectivity index (χ1v) is 10.1. The van der Waals surface area contributed by atoms with Crippen LogP contribution in [0.3, 0.4) is 0 Å². The Hall–Kier alpha value is -4.89. The van der Waals surface area contributed by atoms with Crippen LogP contribution < -0.4 is 32.5 Å². The molecular weight excluding hydrogens is 500 g/mol. The van der Waals surface area contributed by atoms with Gasteiger partial charge >= 0.3 is 11.9 Å². The Morgan fingerprint density at radius 1 is 1.17 bits per heavy atom. The van der Waals surface area contributed by atoms with Gasteiger partial charge < -0.3 is 26.6 Å². The summed E-state index contributed by atoms with van der Waals surface area (Å²) in [4.78, 5) is 65.3. The smallest absolute Gasteiger partial charge is 0.356 e. The fourth-order valence-corrected chi connectivity index (χ4v) is 3.00. The number of aromatic carboxylic acids is 1. The lowest BCUT2D eigenvalue weighted by Crippen LogP contribution is -2.36. The second kappa shape index (κ2) is 10.6. The van der Waals surface area contributed by atoms with Crippen molar-refractivity contribution in [2.75, 3.05) is 18.2 Å². The van der Waals surface area contributed by atoms with Crippen molar-refractivity contribution in [3.05, 3.63) is 73.6 Å². The number of halogens is 1. The standard InChI is InChI=1S/C11H10ClN3O2.C9H7N5O5/c12-14-5-6-2-1-3-7(4-6)15-9-8(13)10(16)11(9)17;1-19-8(18)4-2-3(7(16)17)11-9-12-6(5(10)15)13-14(4)9/h1-4,14-15H,5,13H2;2H,1H3,(H2,10,15)(H,16,17). The number of primary amides is 1. The highest BCUT2D eigenvalue weighted by Gasteiger charge is 2.21. The number of esters is 1. The molecule has 186 valence electrons. The summed E-state index contributed by atoms with van der Waals surface area (Å²) in [6.07, 6.45) is 0. The number of hydrogen-bond acceptors (Lipinski definition) is 12. The van der Waals surface area contributed by atoms with Crippen molar-refractivity contribution in [1.82, 2.24) is 24.4 Å². The number of aromatic nitrogens is 4. The van der Waals surface area contributed by atoms with Gasteiger partial charge in [0.15, 0.2) is 11.4 Å². The maximum Gasteiger partial charge on any atom is 0.356 e. The normalized spacial score (nSPS) is 10.5. The fourth-order valence-electron chi connectivity index (χ4n) is 2.85. The minimum Gasteiger partial charge on any atom is -0.477 e. The molecule has 36 heavy (non-hydrogen) atoms. The first kappa shape index (κ1) is 25.7. The number of nitrogens with two attached hydrogens (primary N) is 2. The molecule has 0 atom stereocenters. The average Bonchev–Trinajstić information content (AvgIpc) is 3.31. The van der Waals surface area contributed by atoms with E-state index in [-0.39, 0.29) is 28.7 Å². The zero-order valence-electron chi connectivity index (χ0n) is 18.3. The molecular formula is C20H17ClN8O7. The van der Waals surface area contributed by atoms with Gasteiger partial charge in [0.1, 0.15) is 11.4 Å². The molecule has 4 rings (SSSR count). The Morgan fingerprint density at radius 3 is 2.47 bits per heavy atom. The number of ether oxygens (including phenoxy) is 1. The minimum atomic E-state index is -1.36. The predicted molar refractivity (Wildman–Crippen MR) is 126 cm³/mol. The van der Waals surface area contributed by atoms with Gasteiger partial charge in [-0.1, -0.05) is 12.1 Å². The largest absolute Gasteiger partial charge is 0.477 e. The molecule has 0 spiro atoms. The average molecular weight is 517 g/mol. The molecule has 0 saturated heterocycles. The van der Waals surface area contributed by atoms with Crippen molar-refractivity contribution >= 4 is 52.5 Å². The third kappa shape index (κ3) is 5.26. The molecule has 0 bridgehead atoms. The number of fused-ring (bicyclic) bond motifs is 1. The molecule has 0 saturated carbocycles. The van der Waals surface area contributed by atoms with Crippen molar-refractivity contribution in [2.45, 2.75) is 6.54 Å². The van der Waals surface area contributed by atoms with Crippen molar-refractivity contribution in [1.29, 1.82) is 0 Å². The van der Waals surface area contributed by atoms with E-state index < -0.39 is 34.4 Å². The number of methoxy groups -OCH3 is 1. The summed E-state index contributed by atoms with van der Waals surface area (Å²) in [5, 5.41) is 15.4. The molecule has 0 aliphatic carbocycles. The second-order valence-corrected chi connectivity index (χ2v) is 7.18. The van der Waals surface area contributed by atoms with Crippen LogP contribution in [-0.4, -0.2) is 49.6 Å². The third-order valence-corrected chi connectivity index (χ3v) is 4.69. The second-order valence-electron chi connectivity index (χ2n) is 6.92. The van der Waals surface area contributed by atoms with E-state index >= 15 is 0 Å². The summed E-state index contributed by atoms with van der Waals surface area (Å²) in [6, 6.07) is 8.24. The minimum absolute atomic E-state index is 0.0177. The number of carboxylic acid groups (broad SMARTS) is 1. The number of benzene rings is 1. The van der Waals surface area contributed by atoms with Crippen LogP contribution in [0.5, 0.6) is 0 Å². The molecule has 0 fully saturated rings. The molecule has 4 aromatic rings. The summed E-state index contributed by atoms with van der Waals surface area (Å²) in [7, 11) is 1.11. The third-order valence-electron chi connectivity index (χ3n) is 4.56. The van der Waals surface area contributed by atoms with Crippen molar-refractivity contribution in [3.63, 3.8) is 0 Å². The number of hydrogen-bond donors (Lipinski definition) is 5. The molecule has 2 aromatic carbocycles. The zero-order valence-corrected chi connectivity index (χ0v) is 19.1. The van der Waals surface area contributed by atoms with Crippen LogP contribution in [0.1, 0.15) is 37.2 Å². The zero-order chi connectivity index (χ0) is 26.6. The number of nitrogen functional groups attached to an aromatic ring is 1. The molecule has 1 amide bonds. The summed E-state index contributed by atoms with van der Waals surface area (Å²) >= 11 is 5.40. The SMILES string of the molecule is COC(=O)c1cc(C(=O)O)nc2nc(C(N)=O)nn12.Nc1c(Nc2cccc(CNCl)c2)c(=O)c1=O. The van der Waals surface area contributed by atoms with Gasteiger partial charge in [-0.3, -0.25) is 14.4 Å². The lowest BCUT2D eigenvalue weighted by Gasteiger charge is -2.10. The number of carboxylic acids is 1. The van der Waals surface area contributed by atoms with E-state index in [2.05, 4.69) is 30.0 Å². The number of nitrogens with one attached hydrogen (secondary N) is 2.